The second-order valence-corrected chi connectivity index (χ2v) is 7.38. The average molecular weight is 388 g/mol. The van der Waals surface area contributed by atoms with Gasteiger partial charge in [-0.2, -0.15) is 0 Å². The van der Waals surface area contributed by atoms with Crippen molar-refractivity contribution < 1.29 is 14.3 Å². The second kappa shape index (κ2) is 7.46. The van der Waals surface area contributed by atoms with Gasteiger partial charge >= 0.3 is 0 Å². The van der Waals surface area contributed by atoms with Gasteiger partial charge in [0.05, 0.1) is 30.7 Å². The Kier molecular flexibility index (Phi) is 5.04. The first-order chi connectivity index (χ1) is 13.0. The van der Waals surface area contributed by atoms with Crippen LogP contribution in [0.15, 0.2) is 36.7 Å². The highest BCUT2D eigenvalue weighted by Crippen LogP contribution is 2.33. The zero-order chi connectivity index (χ0) is 18.9. The molecule has 7 heteroatoms. The molecule has 0 atom stereocenters. The predicted octanol–water partition coefficient (Wildman–Crippen LogP) is 3.64. The topological polar surface area (TPSA) is 63.7 Å². The van der Waals surface area contributed by atoms with E-state index in [4.69, 9.17) is 21.1 Å². The highest BCUT2D eigenvalue weighted by atomic mass is 35.5. The molecule has 2 aromatic rings. The lowest BCUT2D eigenvalue weighted by atomic mass is 10.0. The number of nitrogens with one attached hydrogen (secondary N) is 1. The number of hydrogen-bond donors (Lipinski definition) is 1. The molecule has 27 heavy (non-hydrogen) atoms. The number of piperidine rings is 1. The zero-order valence-corrected chi connectivity index (χ0v) is 16.0. The Morgan fingerprint density at radius 1 is 1.19 bits per heavy atom. The third-order valence-corrected chi connectivity index (χ3v) is 5.36. The number of aromatic nitrogens is 1. The van der Waals surface area contributed by atoms with Crippen molar-refractivity contribution in [3.8, 4) is 0 Å². The molecule has 4 rings (SSSR count). The van der Waals surface area contributed by atoms with Crippen molar-refractivity contribution in [2.24, 2.45) is 0 Å². The quantitative estimate of drug-likeness (QED) is 0.871. The summed E-state index contributed by atoms with van der Waals surface area (Å²) in [5, 5.41) is 3.57. The second-order valence-electron chi connectivity index (χ2n) is 6.94. The fourth-order valence-corrected chi connectivity index (χ4v) is 3.80. The first-order valence-corrected chi connectivity index (χ1v) is 9.48. The largest absolute Gasteiger partial charge is 0.370 e. The van der Waals surface area contributed by atoms with E-state index in [0.29, 0.717) is 23.8 Å². The van der Waals surface area contributed by atoms with E-state index in [1.807, 2.05) is 19.1 Å². The first-order valence-electron chi connectivity index (χ1n) is 9.10. The Morgan fingerprint density at radius 2 is 1.93 bits per heavy atom. The highest BCUT2D eigenvalue weighted by Gasteiger charge is 2.39. The summed E-state index contributed by atoms with van der Waals surface area (Å²) in [7, 11) is 0. The van der Waals surface area contributed by atoms with Crippen LogP contribution in [0, 0.1) is 6.92 Å². The maximum Gasteiger partial charge on any atom is 0.257 e. The number of rotatable bonds is 3. The lowest BCUT2D eigenvalue weighted by Gasteiger charge is -2.38. The van der Waals surface area contributed by atoms with Gasteiger partial charge in [-0.1, -0.05) is 11.6 Å². The fraction of sp³-hybridized carbons (Fsp3) is 0.400. The number of aryl methyl sites for hydroxylation is 1. The molecule has 1 amide bonds. The number of carbonyl (C=O) groups excluding carboxylic acids is 1. The maximum absolute atomic E-state index is 12.6. The molecular weight excluding hydrogens is 366 g/mol. The van der Waals surface area contributed by atoms with E-state index in [1.165, 1.54) is 0 Å². The number of hydrogen-bond acceptors (Lipinski definition) is 5. The SMILES string of the molecule is Cc1cc(Cl)ccc1NC(=O)c1cncc(N2CCC3(CC2)OCCO3)c1. The molecule has 6 nitrogen and oxygen atoms in total. The Labute approximate surface area is 163 Å². The molecular formula is C20H22ClN3O3. The van der Waals surface area contributed by atoms with Crippen LogP contribution in [0.3, 0.4) is 0 Å². The van der Waals surface area contributed by atoms with Gasteiger partial charge in [-0.05, 0) is 36.8 Å². The molecule has 2 aliphatic heterocycles. The molecule has 0 bridgehead atoms. The van der Waals surface area contributed by atoms with Gasteiger partial charge in [-0.3, -0.25) is 9.78 Å². The van der Waals surface area contributed by atoms with E-state index in [-0.39, 0.29) is 5.91 Å². The van der Waals surface area contributed by atoms with Crippen LogP contribution >= 0.6 is 11.6 Å². The van der Waals surface area contributed by atoms with E-state index in [2.05, 4.69) is 15.2 Å². The Bertz CT molecular complexity index is 842. The molecule has 1 N–H and O–H groups in total. The third-order valence-electron chi connectivity index (χ3n) is 5.13. The standard InChI is InChI=1S/C20H22ClN3O3/c1-14-10-16(21)2-3-18(14)23-19(25)15-11-17(13-22-12-15)24-6-4-20(5-7-24)26-8-9-27-20/h2-3,10-13H,4-9H2,1H3,(H,23,25). The van der Waals surface area contributed by atoms with Crippen LogP contribution in [0.1, 0.15) is 28.8 Å². The maximum atomic E-state index is 12.6. The average Bonchev–Trinajstić information content (AvgIpc) is 3.12. The van der Waals surface area contributed by atoms with Crippen LogP contribution < -0.4 is 10.2 Å². The molecule has 3 heterocycles. The number of carbonyl (C=O) groups is 1. The van der Waals surface area contributed by atoms with E-state index in [1.54, 1.807) is 24.5 Å². The number of benzene rings is 1. The molecule has 0 unspecified atom stereocenters. The van der Waals surface area contributed by atoms with Gasteiger partial charge < -0.3 is 19.7 Å². The van der Waals surface area contributed by atoms with Gasteiger partial charge in [0.25, 0.3) is 5.91 Å². The van der Waals surface area contributed by atoms with E-state index >= 15 is 0 Å². The minimum absolute atomic E-state index is 0.189. The lowest BCUT2D eigenvalue weighted by molar-refractivity contribution is -0.169. The van der Waals surface area contributed by atoms with E-state index in [0.717, 1.165) is 42.9 Å². The molecule has 0 aliphatic carbocycles. The number of anilines is 2. The van der Waals surface area contributed by atoms with Gasteiger partial charge in [0.1, 0.15) is 0 Å². The number of ether oxygens (including phenoxy) is 2. The minimum Gasteiger partial charge on any atom is -0.370 e. The predicted molar refractivity (Wildman–Crippen MR) is 104 cm³/mol. The Morgan fingerprint density at radius 3 is 2.63 bits per heavy atom. The molecule has 1 aromatic carbocycles. The zero-order valence-electron chi connectivity index (χ0n) is 15.2. The lowest BCUT2D eigenvalue weighted by Crippen LogP contribution is -2.45. The summed E-state index contributed by atoms with van der Waals surface area (Å²) in [6.07, 6.45) is 5.00. The van der Waals surface area contributed by atoms with Crippen LogP contribution in [-0.2, 0) is 9.47 Å². The number of halogens is 1. The fourth-order valence-electron chi connectivity index (χ4n) is 3.58. The molecule has 2 aliphatic rings. The summed E-state index contributed by atoms with van der Waals surface area (Å²) in [6.45, 7) is 4.86. The molecule has 2 saturated heterocycles. The van der Waals surface area contributed by atoms with Gasteiger partial charge in [0, 0.05) is 42.8 Å². The van der Waals surface area contributed by atoms with Crippen LogP contribution in [0.2, 0.25) is 5.02 Å². The monoisotopic (exact) mass is 387 g/mol. The molecule has 1 aromatic heterocycles. The van der Waals surface area contributed by atoms with Gasteiger partial charge in [-0.25, -0.2) is 0 Å². The van der Waals surface area contributed by atoms with Gasteiger partial charge in [-0.15, -0.1) is 0 Å². The molecule has 0 radical (unpaired) electrons. The van der Waals surface area contributed by atoms with Gasteiger partial charge in [0.2, 0.25) is 0 Å². The summed E-state index contributed by atoms with van der Waals surface area (Å²) in [5.41, 5.74) is 3.11. The van der Waals surface area contributed by atoms with Crippen molar-refractivity contribution in [1.82, 2.24) is 4.98 Å². The smallest absolute Gasteiger partial charge is 0.257 e. The summed E-state index contributed by atoms with van der Waals surface area (Å²) in [5.74, 6) is -0.601. The van der Waals surface area contributed by atoms with Crippen LogP contribution in [0.4, 0.5) is 11.4 Å². The number of pyridine rings is 1. The Hall–Kier alpha value is -2.15. The van der Waals surface area contributed by atoms with Crippen molar-refractivity contribution in [1.29, 1.82) is 0 Å². The van der Waals surface area contributed by atoms with Crippen LogP contribution in [0.5, 0.6) is 0 Å². The van der Waals surface area contributed by atoms with Crippen molar-refractivity contribution in [2.45, 2.75) is 25.6 Å². The molecule has 142 valence electrons. The summed E-state index contributed by atoms with van der Waals surface area (Å²) in [4.78, 5) is 19.1. The normalized spacial score (nSPS) is 18.7. The van der Waals surface area contributed by atoms with Crippen molar-refractivity contribution in [3.63, 3.8) is 0 Å². The van der Waals surface area contributed by atoms with Crippen molar-refractivity contribution in [3.05, 3.63) is 52.8 Å². The summed E-state index contributed by atoms with van der Waals surface area (Å²) >= 11 is 5.98. The van der Waals surface area contributed by atoms with Crippen LogP contribution in [0.25, 0.3) is 0 Å². The Balaban J connectivity index is 1.45. The summed E-state index contributed by atoms with van der Waals surface area (Å²) < 4.78 is 11.6. The summed E-state index contributed by atoms with van der Waals surface area (Å²) in [6, 6.07) is 7.26. The van der Waals surface area contributed by atoms with Crippen molar-refractivity contribution >= 4 is 28.9 Å². The van der Waals surface area contributed by atoms with E-state index < -0.39 is 5.79 Å². The number of nitrogens with zero attached hydrogens (tertiary/aromatic N) is 2. The van der Waals surface area contributed by atoms with E-state index in [9.17, 15) is 4.79 Å². The van der Waals surface area contributed by atoms with Gasteiger partial charge in [0.15, 0.2) is 5.79 Å². The molecule has 0 saturated carbocycles. The molecule has 1 spiro atoms. The highest BCUT2D eigenvalue weighted by molar-refractivity contribution is 6.30. The van der Waals surface area contributed by atoms with Crippen molar-refractivity contribution in [2.75, 3.05) is 36.5 Å². The number of amides is 1. The third kappa shape index (κ3) is 3.93. The molecule has 2 fully saturated rings. The first kappa shape index (κ1) is 18.2. The van der Waals surface area contributed by atoms with Crippen LogP contribution in [-0.4, -0.2) is 43.0 Å². The minimum atomic E-state index is -0.412.